The highest BCUT2D eigenvalue weighted by Gasteiger charge is 2.27. The van der Waals surface area contributed by atoms with Crippen LogP contribution in [0.3, 0.4) is 0 Å². The molecule has 122 valence electrons. The molecule has 0 saturated heterocycles. The highest BCUT2D eigenvalue weighted by Crippen LogP contribution is 2.23. The van der Waals surface area contributed by atoms with Gasteiger partial charge in [0.05, 0.1) is 11.9 Å². The second-order valence-corrected chi connectivity index (χ2v) is 7.60. The Morgan fingerprint density at radius 1 is 1.23 bits per heavy atom. The van der Waals surface area contributed by atoms with Gasteiger partial charge in [0.1, 0.15) is 12.4 Å². The third kappa shape index (κ3) is 3.97. The first-order chi connectivity index (χ1) is 10.3. The summed E-state index contributed by atoms with van der Waals surface area (Å²) >= 11 is 0. The van der Waals surface area contributed by atoms with Crippen LogP contribution in [0.5, 0.6) is 0 Å². The van der Waals surface area contributed by atoms with Crippen molar-refractivity contribution in [2.45, 2.75) is 31.7 Å². The van der Waals surface area contributed by atoms with Crippen molar-refractivity contribution in [1.29, 1.82) is 0 Å². The third-order valence-corrected chi connectivity index (χ3v) is 5.20. The number of nitrogens with zero attached hydrogens (tertiary/aromatic N) is 2. The molecule has 1 aromatic rings. The molecule has 1 aliphatic rings. The highest BCUT2D eigenvalue weighted by molar-refractivity contribution is 7.92. The van der Waals surface area contributed by atoms with E-state index in [2.05, 4.69) is 0 Å². The lowest BCUT2D eigenvalue weighted by atomic mass is 10.2. The Labute approximate surface area is 130 Å². The number of amides is 1. The summed E-state index contributed by atoms with van der Waals surface area (Å²) in [5, 5.41) is 0. The minimum Gasteiger partial charge on any atom is -0.341 e. The topological polar surface area (TPSA) is 57.7 Å². The predicted molar refractivity (Wildman–Crippen MR) is 83.6 cm³/mol. The van der Waals surface area contributed by atoms with Gasteiger partial charge in [-0.05, 0) is 37.1 Å². The van der Waals surface area contributed by atoms with Crippen molar-refractivity contribution in [3.8, 4) is 0 Å². The number of carbonyl (C=O) groups excluding carboxylic acids is 1. The molecule has 7 heteroatoms. The van der Waals surface area contributed by atoms with Gasteiger partial charge in [0.25, 0.3) is 0 Å². The summed E-state index contributed by atoms with van der Waals surface area (Å²) in [7, 11) is -1.91. The Morgan fingerprint density at radius 3 is 2.27 bits per heavy atom. The van der Waals surface area contributed by atoms with Crippen LogP contribution in [0.1, 0.15) is 25.7 Å². The third-order valence-electron chi connectivity index (χ3n) is 4.06. The lowest BCUT2D eigenvalue weighted by Crippen LogP contribution is -2.44. The predicted octanol–water partition coefficient (Wildman–Crippen LogP) is 1.99. The van der Waals surface area contributed by atoms with Gasteiger partial charge in [0.15, 0.2) is 0 Å². The minimum absolute atomic E-state index is 0.183. The van der Waals surface area contributed by atoms with Gasteiger partial charge in [-0.15, -0.1) is 0 Å². The van der Waals surface area contributed by atoms with Crippen molar-refractivity contribution in [3.63, 3.8) is 0 Å². The molecule has 0 atom stereocenters. The molecule has 1 aliphatic carbocycles. The zero-order valence-electron chi connectivity index (χ0n) is 12.8. The molecule has 0 N–H and O–H groups in total. The van der Waals surface area contributed by atoms with E-state index in [1.165, 1.54) is 24.3 Å². The van der Waals surface area contributed by atoms with Crippen molar-refractivity contribution < 1.29 is 17.6 Å². The molecular weight excluding hydrogens is 307 g/mol. The number of likely N-dealkylation sites (N-methyl/N-ethyl adjacent to an activating group) is 1. The zero-order chi connectivity index (χ0) is 16.3. The maximum absolute atomic E-state index is 13.0. The summed E-state index contributed by atoms with van der Waals surface area (Å²) < 4.78 is 37.9. The van der Waals surface area contributed by atoms with E-state index in [1.54, 1.807) is 11.9 Å². The van der Waals surface area contributed by atoms with Gasteiger partial charge >= 0.3 is 0 Å². The Bertz CT molecular complexity index is 625. The van der Waals surface area contributed by atoms with Crippen LogP contribution >= 0.6 is 0 Å². The summed E-state index contributed by atoms with van der Waals surface area (Å²) in [5.74, 6) is -0.701. The van der Waals surface area contributed by atoms with Crippen LogP contribution in [-0.4, -0.2) is 45.1 Å². The molecule has 5 nitrogen and oxygen atoms in total. The van der Waals surface area contributed by atoms with E-state index in [4.69, 9.17) is 0 Å². The molecule has 0 radical (unpaired) electrons. The second-order valence-electron chi connectivity index (χ2n) is 5.69. The van der Waals surface area contributed by atoms with E-state index in [1.807, 2.05) is 0 Å². The summed E-state index contributed by atoms with van der Waals surface area (Å²) in [6.45, 7) is -0.266. The smallest absolute Gasteiger partial charge is 0.243 e. The van der Waals surface area contributed by atoms with Crippen molar-refractivity contribution in [1.82, 2.24) is 4.90 Å². The number of hydrogen-bond donors (Lipinski definition) is 0. The molecular formula is C15H21FN2O3S. The molecule has 0 aliphatic heterocycles. The summed E-state index contributed by atoms with van der Waals surface area (Å²) in [6, 6.07) is 5.26. The molecule has 22 heavy (non-hydrogen) atoms. The van der Waals surface area contributed by atoms with Gasteiger partial charge in [-0.1, -0.05) is 12.8 Å². The summed E-state index contributed by atoms with van der Waals surface area (Å²) in [5.41, 5.74) is 0.289. The SMILES string of the molecule is CN(C(=O)CN(c1ccc(F)cc1)S(C)(=O)=O)C1CCCC1. The van der Waals surface area contributed by atoms with E-state index in [0.29, 0.717) is 0 Å². The molecule has 0 spiro atoms. The normalized spacial score (nSPS) is 15.8. The van der Waals surface area contributed by atoms with Crippen molar-refractivity contribution in [2.24, 2.45) is 0 Å². The van der Waals surface area contributed by atoms with Crippen LogP contribution in [0.25, 0.3) is 0 Å². The van der Waals surface area contributed by atoms with Crippen LogP contribution in [0, 0.1) is 5.82 Å². The molecule has 0 unspecified atom stereocenters. The fourth-order valence-electron chi connectivity index (χ4n) is 2.74. The zero-order valence-corrected chi connectivity index (χ0v) is 13.6. The lowest BCUT2D eigenvalue weighted by Gasteiger charge is -2.28. The van der Waals surface area contributed by atoms with E-state index in [-0.39, 0.29) is 24.2 Å². The average molecular weight is 328 g/mol. The van der Waals surface area contributed by atoms with Gasteiger partial charge < -0.3 is 4.90 Å². The minimum atomic E-state index is -3.62. The first-order valence-corrected chi connectivity index (χ1v) is 9.13. The maximum atomic E-state index is 13.0. The Kier molecular flexibility index (Phi) is 5.05. The van der Waals surface area contributed by atoms with E-state index < -0.39 is 15.8 Å². The molecule has 1 fully saturated rings. The number of hydrogen-bond acceptors (Lipinski definition) is 3. The molecule has 1 aromatic carbocycles. The van der Waals surface area contributed by atoms with Crippen molar-refractivity contribution in [3.05, 3.63) is 30.1 Å². The van der Waals surface area contributed by atoms with Gasteiger partial charge in [0.2, 0.25) is 15.9 Å². The second kappa shape index (κ2) is 6.64. The first-order valence-electron chi connectivity index (χ1n) is 7.28. The van der Waals surface area contributed by atoms with Crippen LogP contribution < -0.4 is 4.31 Å². The van der Waals surface area contributed by atoms with Crippen LogP contribution in [0.2, 0.25) is 0 Å². The fourth-order valence-corrected chi connectivity index (χ4v) is 3.59. The molecule has 2 rings (SSSR count). The first kappa shape index (κ1) is 16.7. The summed E-state index contributed by atoms with van der Waals surface area (Å²) in [4.78, 5) is 14.0. The molecule has 0 aromatic heterocycles. The average Bonchev–Trinajstić information content (AvgIpc) is 2.97. The number of anilines is 1. The van der Waals surface area contributed by atoms with Crippen LogP contribution in [0.4, 0.5) is 10.1 Å². The monoisotopic (exact) mass is 328 g/mol. The summed E-state index contributed by atoms with van der Waals surface area (Å²) in [6.07, 6.45) is 5.14. The quantitative estimate of drug-likeness (QED) is 0.830. The largest absolute Gasteiger partial charge is 0.341 e. The lowest BCUT2D eigenvalue weighted by molar-refractivity contribution is -0.130. The Balaban J connectivity index is 2.16. The standard InChI is InChI=1S/C15H21FN2O3S/c1-17(13-5-3-4-6-13)15(19)11-18(22(2,20)21)14-9-7-12(16)8-10-14/h7-10,13H,3-6,11H2,1-2H3. The van der Waals surface area contributed by atoms with Crippen molar-refractivity contribution in [2.75, 3.05) is 24.2 Å². The van der Waals surface area contributed by atoms with Gasteiger partial charge in [-0.3, -0.25) is 9.10 Å². The molecule has 0 heterocycles. The van der Waals surface area contributed by atoms with Gasteiger partial charge in [-0.2, -0.15) is 0 Å². The number of rotatable bonds is 5. The fraction of sp³-hybridized carbons (Fsp3) is 0.533. The Hall–Kier alpha value is -1.63. The number of carbonyl (C=O) groups is 1. The van der Waals surface area contributed by atoms with E-state index >= 15 is 0 Å². The number of sulfonamides is 1. The van der Waals surface area contributed by atoms with E-state index in [9.17, 15) is 17.6 Å². The van der Waals surface area contributed by atoms with Crippen LogP contribution in [-0.2, 0) is 14.8 Å². The number of benzene rings is 1. The molecule has 0 bridgehead atoms. The van der Waals surface area contributed by atoms with Gasteiger partial charge in [0, 0.05) is 13.1 Å². The highest BCUT2D eigenvalue weighted by atomic mass is 32.2. The molecule has 1 saturated carbocycles. The number of halogens is 1. The van der Waals surface area contributed by atoms with Crippen LogP contribution in [0.15, 0.2) is 24.3 Å². The van der Waals surface area contributed by atoms with Gasteiger partial charge in [-0.25, -0.2) is 12.8 Å². The molecule has 1 amide bonds. The van der Waals surface area contributed by atoms with Crippen molar-refractivity contribution >= 4 is 21.6 Å². The maximum Gasteiger partial charge on any atom is 0.243 e. The van der Waals surface area contributed by atoms with E-state index in [0.717, 1.165) is 36.2 Å². The Morgan fingerprint density at radius 2 is 1.77 bits per heavy atom.